The normalized spacial score (nSPS) is 10.6. The maximum Gasteiger partial charge on any atom is 0.332 e. The molecule has 94 valence electrons. The van der Waals surface area contributed by atoms with Gasteiger partial charge in [-0.25, -0.2) is 4.79 Å². The van der Waals surface area contributed by atoms with Crippen LogP contribution in [0.1, 0.15) is 5.56 Å². The molecule has 2 N–H and O–H groups in total. The molecule has 0 saturated heterocycles. The second-order valence-corrected chi connectivity index (χ2v) is 5.41. The number of hydrogen-bond acceptors (Lipinski definition) is 3. The number of phenolic OH excluding ortho intramolecular Hbond substituents is 1. The highest BCUT2D eigenvalue weighted by atomic mass is 79.9. The first-order chi connectivity index (χ1) is 8.40. The van der Waals surface area contributed by atoms with Crippen molar-refractivity contribution >= 4 is 31.9 Å². The standard InChI is InChI=1S/C11H8Br2N2O3/c1-5-4-15(11(18)14-10(5)17)6-2-7(12)9(16)8(13)3-6/h2-4,16H,1H3,(H,14,17,18). The Hall–Kier alpha value is -1.34. The maximum atomic E-state index is 11.7. The molecule has 0 spiro atoms. The minimum atomic E-state index is -0.532. The lowest BCUT2D eigenvalue weighted by atomic mass is 10.3. The van der Waals surface area contributed by atoms with Crippen molar-refractivity contribution < 1.29 is 5.11 Å². The fourth-order valence-electron chi connectivity index (χ4n) is 1.45. The lowest BCUT2D eigenvalue weighted by Crippen LogP contribution is -2.29. The van der Waals surface area contributed by atoms with Crippen LogP contribution in [-0.2, 0) is 0 Å². The molecule has 0 fully saturated rings. The van der Waals surface area contributed by atoms with Gasteiger partial charge >= 0.3 is 5.69 Å². The summed E-state index contributed by atoms with van der Waals surface area (Å²) in [5, 5.41) is 9.61. The molecule has 5 nitrogen and oxygen atoms in total. The SMILES string of the molecule is Cc1cn(-c2cc(Br)c(O)c(Br)c2)c(=O)[nH]c1=O. The number of aryl methyl sites for hydroxylation is 1. The van der Waals surface area contributed by atoms with Gasteiger partial charge in [-0.2, -0.15) is 0 Å². The van der Waals surface area contributed by atoms with Crippen LogP contribution < -0.4 is 11.2 Å². The highest BCUT2D eigenvalue weighted by Crippen LogP contribution is 2.34. The molecule has 1 aromatic carbocycles. The Balaban J connectivity index is 2.74. The third-order valence-electron chi connectivity index (χ3n) is 2.40. The van der Waals surface area contributed by atoms with Crippen LogP contribution in [0.5, 0.6) is 5.75 Å². The van der Waals surface area contributed by atoms with Crippen LogP contribution in [0.2, 0.25) is 0 Å². The van der Waals surface area contributed by atoms with E-state index in [9.17, 15) is 14.7 Å². The van der Waals surface area contributed by atoms with Gasteiger partial charge in [-0.1, -0.05) is 0 Å². The van der Waals surface area contributed by atoms with Crippen LogP contribution in [0.15, 0.2) is 36.9 Å². The monoisotopic (exact) mass is 374 g/mol. The van der Waals surface area contributed by atoms with E-state index in [1.165, 1.54) is 10.8 Å². The van der Waals surface area contributed by atoms with E-state index < -0.39 is 11.2 Å². The van der Waals surface area contributed by atoms with Gasteiger partial charge in [-0.05, 0) is 50.9 Å². The second kappa shape index (κ2) is 4.74. The molecule has 0 aliphatic heterocycles. The Morgan fingerprint density at radius 1 is 1.22 bits per heavy atom. The molecule has 0 unspecified atom stereocenters. The molecule has 2 rings (SSSR count). The summed E-state index contributed by atoms with van der Waals surface area (Å²) < 4.78 is 2.19. The molecular formula is C11H8Br2N2O3. The van der Waals surface area contributed by atoms with Gasteiger partial charge in [0, 0.05) is 11.8 Å². The number of nitrogens with one attached hydrogen (secondary N) is 1. The summed E-state index contributed by atoms with van der Waals surface area (Å²) in [5.74, 6) is 0.0490. The van der Waals surface area contributed by atoms with Crippen molar-refractivity contribution in [3.8, 4) is 11.4 Å². The van der Waals surface area contributed by atoms with Crippen molar-refractivity contribution in [1.29, 1.82) is 0 Å². The first kappa shape index (κ1) is 13.1. The van der Waals surface area contributed by atoms with E-state index in [0.717, 1.165) is 0 Å². The molecule has 7 heteroatoms. The van der Waals surface area contributed by atoms with E-state index in [1.807, 2.05) is 0 Å². The number of aromatic nitrogens is 2. The average molecular weight is 376 g/mol. The second-order valence-electron chi connectivity index (χ2n) is 3.70. The van der Waals surface area contributed by atoms with Crippen LogP contribution >= 0.6 is 31.9 Å². The van der Waals surface area contributed by atoms with Gasteiger partial charge in [0.05, 0.1) is 14.6 Å². The molecule has 0 bridgehead atoms. The highest BCUT2D eigenvalue weighted by Gasteiger charge is 2.09. The predicted molar refractivity (Wildman–Crippen MR) is 74.5 cm³/mol. The number of aromatic amines is 1. The fourth-order valence-corrected chi connectivity index (χ4v) is 2.61. The summed E-state index contributed by atoms with van der Waals surface area (Å²) in [6.45, 7) is 1.61. The Bertz CT molecular complexity index is 711. The Morgan fingerprint density at radius 2 is 1.78 bits per heavy atom. The fraction of sp³-hybridized carbons (Fsp3) is 0.0909. The molecule has 0 amide bonds. The van der Waals surface area contributed by atoms with Crippen LogP contribution in [0.25, 0.3) is 5.69 Å². The summed E-state index contributed by atoms with van der Waals surface area (Å²) in [5.41, 5.74) is 0.00840. The number of aromatic hydroxyl groups is 1. The zero-order valence-electron chi connectivity index (χ0n) is 9.20. The lowest BCUT2D eigenvalue weighted by molar-refractivity contribution is 0.468. The Kier molecular flexibility index (Phi) is 3.45. The van der Waals surface area contributed by atoms with Crippen molar-refractivity contribution in [2.75, 3.05) is 0 Å². The Labute approximate surface area is 118 Å². The molecule has 0 aliphatic rings. The molecular weight excluding hydrogens is 368 g/mol. The maximum absolute atomic E-state index is 11.7. The van der Waals surface area contributed by atoms with Gasteiger partial charge in [0.1, 0.15) is 5.75 Å². The van der Waals surface area contributed by atoms with Crippen molar-refractivity contribution in [1.82, 2.24) is 9.55 Å². The number of halogens is 2. The van der Waals surface area contributed by atoms with Crippen molar-refractivity contribution in [2.45, 2.75) is 6.92 Å². The molecule has 1 aromatic heterocycles. The Morgan fingerprint density at radius 3 is 2.33 bits per heavy atom. The van der Waals surface area contributed by atoms with E-state index in [-0.39, 0.29) is 5.75 Å². The zero-order chi connectivity index (χ0) is 13.4. The smallest absolute Gasteiger partial charge is 0.332 e. The first-order valence-corrected chi connectivity index (χ1v) is 6.49. The highest BCUT2D eigenvalue weighted by molar-refractivity contribution is 9.11. The van der Waals surface area contributed by atoms with Gasteiger partial charge in [0.2, 0.25) is 0 Å². The first-order valence-electron chi connectivity index (χ1n) is 4.91. The predicted octanol–water partition coefficient (Wildman–Crippen LogP) is 2.06. The van der Waals surface area contributed by atoms with Crippen molar-refractivity contribution in [3.63, 3.8) is 0 Å². The van der Waals surface area contributed by atoms with Gasteiger partial charge in [-0.3, -0.25) is 14.3 Å². The van der Waals surface area contributed by atoms with Crippen LogP contribution in [-0.4, -0.2) is 14.7 Å². The van der Waals surface area contributed by atoms with E-state index >= 15 is 0 Å². The molecule has 2 aromatic rings. The van der Waals surface area contributed by atoms with Gasteiger partial charge in [-0.15, -0.1) is 0 Å². The summed E-state index contributed by atoms with van der Waals surface area (Å²) in [7, 11) is 0. The topological polar surface area (TPSA) is 75.1 Å². The third-order valence-corrected chi connectivity index (χ3v) is 3.61. The molecule has 0 aliphatic carbocycles. The van der Waals surface area contributed by atoms with E-state index in [4.69, 9.17) is 0 Å². The minimum absolute atomic E-state index is 0.0490. The quantitative estimate of drug-likeness (QED) is 0.801. The van der Waals surface area contributed by atoms with E-state index in [2.05, 4.69) is 36.8 Å². The van der Waals surface area contributed by atoms with Crippen molar-refractivity contribution in [3.05, 3.63) is 53.7 Å². The van der Waals surface area contributed by atoms with Crippen LogP contribution in [0, 0.1) is 6.92 Å². The lowest BCUT2D eigenvalue weighted by Gasteiger charge is -2.08. The van der Waals surface area contributed by atoms with E-state index in [0.29, 0.717) is 20.2 Å². The number of phenols is 1. The van der Waals surface area contributed by atoms with Crippen LogP contribution in [0.4, 0.5) is 0 Å². The summed E-state index contributed by atoms with van der Waals surface area (Å²) in [6, 6.07) is 3.17. The molecule has 0 radical (unpaired) electrons. The van der Waals surface area contributed by atoms with Crippen LogP contribution in [0.3, 0.4) is 0 Å². The number of H-pyrrole nitrogens is 1. The average Bonchev–Trinajstić information content (AvgIpc) is 2.30. The third kappa shape index (κ3) is 2.28. The number of hydrogen-bond donors (Lipinski definition) is 2. The minimum Gasteiger partial charge on any atom is -0.506 e. The summed E-state index contributed by atoms with van der Waals surface area (Å²) in [4.78, 5) is 25.2. The number of benzene rings is 1. The van der Waals surface area contributed by atoms with Gasteiger partial charge in [0.25, 0.3) is 5.56 Å². The van der Waals surface area contributed by atoms with Gasteiger partial charge < -0.3 is 5.11 Å². The molecule has 0 saturated carbocycles. The molecule has 18 heavy (non-hydrogen) atoms. The molecule has 0 atom stereocenters. The number of nitrogens with zero attached hydrogens (tertiary/aromatic N) is 1. The number of rotatable bonds is 1. The van der Waals surface area contributed by atoms with E-state index in [1.54, 1.807) is 19.1 Å². The van der Waals surface area contributed by atoms with Crippen molar-refractivity contribution in [2.24, 2.45) is 0 Å². The summed E-state index contributed by atoms with van der Waals surface area (Å²) >= 11 is 6.37. The summed E-state index contributed by atoms with van der Waals surface area (Å²) in [6.07, 6.45) is 1.45. The zero-order valence-corrected chi connectivity index (χ0v) is 12.4. The largest absolute Gasteiger partial charge is 0.506 e. The van der Waals surface area contributed by atoms with Gasteiger partial charge in [0.15, 0.2) is 0 Å². The molecule has 1 heterocycles.